The van der Waals surface area contributed by atoms with Crippen LogP contribution >= 0.6 is 0 Å². The number of hydrogen-bond donors (Lipinski definition) is 1. The van der Waals surface area contributed by atoms with E-state index in [-0.39, 0.29) is 0 Å². The van der Waals surface area contributed by atoms with Gasteiger partial charge in [-0.3, -0.25) is 0 Å². The minimum Gasteiger partial charge on any atom is -0.407 e. The number of hydrogen-bond acceptors (Lipinski definition) is 5. The first-order chi connectivity index (χ1) is 10.3. The molecule has 6 heteroatoms. The molecule has 0 spiro atoms. The van der Waals surface area contributed by atoms with Crippen molar-refractivity contribution < 1.29 is 4.42 Å². The molecule has 0 saturated heterocycles. The van der Waals surface area contributed by atoms with E-state index in [2.05, 4.69) is 27.4 Å². The second-order valence-corrected chi connectivity index (χ2v) is 4.96. The highest BCUT2D eigenvalue weighted by Crippen LogP contribution is 2.21. The zero-order valence-electron chi connectivity index (χ0n) is 12.3. The first-order valence-electron chi connectivity index (χ1n) is 7.27. The van der Waals surface area contributed by atoms with E-state index in [0.29, 0.717) is 18.5 Å². The summed E-state index contributed by atoms with van der Waals surface area (Å²) in [5.41, 5.74) is 1.91. The Morgan fingerprint density at radius 2 is 2.10 bits per heavy atom. The summed E-state index contributed by atoms with van der Waals surface area (Å²) < 4.78 is 7.72. The topological polar surface area (TPSA) is 68.8 Å². The molecule has 0 atom stereocenters. The number of benzene rings is 1. The molecular weight excluding hydrogens is 266 g/mol. The average molecular weight is 285 g/mol. The molecule has 2 heterocycles. The van der Waals surface area contributed by atoms with Gasteiger partial charge in [0.1, 0.15) is 5.82 Å². The maximum Gasteiger partial charge on any atom is 0.328 e. The maximum atomic E-state index is 5.80. The Hall–Kier alpha value is -2.21. The van der Waals surface area contributed by atoms with Gasteiger partial charge < -0.3 is 9.73 Å². The van der Waals surface area contributed by atoms with E-state index in [1.807, 2.05) is 35.9 Å². The van der Waals surface area contributed by atoms with Crippen molar-refractivity contribution in [2.45, 2.75) is 32.7 Å². The molecule has 0 aliphatic heterocycles. The van der Waals surface area contributed by atoms with Crippen molar-refractivity contribution in [2.75, 3.05) is 7.05 Å². The fraction of sp³-hybridized carbons (Fsp3) is 0.400. The quantitative estimate of drug-likeness (QED) is 0.753. The Labute approximate surface area is 123 Å². The van der Waals surface area contributed by atoms with Gasteiger partial charge in [0.15, 0.2) is 0 Å². The van der Waals surface area contributed by atoms with Crippen LogP contribution in [0.1, 0.15) is 31.5 Å². The molecule has 0 amide bonds. The third-order valence-electron chi connectivity index (χ3n) is 3.36. The van der Waals surface area contributed by atoms with Gasteiger partial charge in [-0.05, 0) is 25.6 Å². The molecule has 110 valence electrons. The molecule has 3 aromatic rings. The van der Waals surface area contributed by atoms with Crippen LogP contribution in [0.2, 0.25) is 0 Å². The van der Waals surface area contributed by atoms with Crippen molar-refractivity contribution in [3.8, 4) is 6.01 Å². The van der Waals surface area contributed by atoms with Gasteiger partial charge in [0.25, 0.3) is 0 Å². The monoisotopic (exact) mass is 285 g/mol. The van der Waals surface area contributed by atoms with Crippen molar-refractivity contribution >= 4 is 11.0 Å². The number of aryl methyl sites for hydroxylation is 1. The number of nitrogens with one attached hydrogen (secondary N) is 1. The molecule has 0 bridgehead atoms. The van der Waals surface area contributed by atoms with Crippen LogP contribution in [0.5, 0.6) is 0 Å². The van der Waals surface area contributed by atoms with Gasteiger partial charge in [0.2, 0.25) is 5.89 Å². The van der Waals surface area contributed by atoms with E-state index < -0.39 is 0 Å². The van der Waals surface area contributed by atoms with Crippen LogP contribution in [0.25, 0.3) is 17.0 Å². The van der Waals surface area contributed by atoms with Crippen molar-refractivity contribution in [3.05, 3.63) is 36.0 Å². The van der Waals surface area contributed by atoms with Crippen LogP contribution in [-0.4, -0.2) is 26.8 Å². The van der Waals surface area contributed by atoms with Crippen LogP contribution in [-0.2, 0) is 13.0 Å². The Morgan fingerprint density at radius 1 is 1.24 bits per heavy atom. The average Bonchev–Trinajstić information content (AvgIpc) is 3.09. The Morgan fingerprint density at radius 3 is 2.90 bits per heavy atom. The molecule has 1 N–H and O–H groups in total. The number of unbranched alkanes of at least 4 members (excludes halogenated alkanes) is 1. The highest BCUT2D eigenvalue weighted by atomic mass is 16.4. The standard InChI is InChI=1S/C15H19N5O/c1-3-4-9-14-18-19-15(21-14)20-12-8-6-5-7-11(12)17-13(20)10-16-2/h5-8,16H,3-4,9-10H2,1-2H3. The minimum absolute atomic E-state index is 0.486. The largest absolute Gasteiger partial charge is 0.407 e. The molecule has 0 unspecified atom stereocenters. The van der Waals surface area contributed by atoms with E-state index in [4.69, 9.17) is 4.42 Å². The zero-order valence-corrected chi connectivity index (χ0v) is 12.3. The summed E-state index contributed by atoms with van der Waals surface area (Å²) in [5, 5.41) is 11.4. The summed E-state index contributed by atoms with van der Waals surface area (Å²) in [7, 11) is 1.89. The predicted molar refractivity (Wildman–Crippen MR) is 80.3 cm³/mol. The Balaban J connectivity index is 2.05. The van der Waals surface area contributed by atoms with Gasteiger partial charge in [-0.15, -0.1) is 5.10 Å². The fourth-order valence-corrected chi connectivity index (χ4v) is 2.33. The summed E-state index contributed by atoms with van der Waals surface area (Å²) in [6.07, 6.45) is 2.98. The molecule has 2 aromatic heterocycles. The van der Waals surface area contributed by atoms with Crippen LogP contribution in [0, 0.1) is 0 Å². The lowest BCUT2D eigenvalue weighted by atomic mass is 10.2. The molecular formula is C15H19N5O. The Kier molecular flexibility index (Phi) is 3.96. The summed E-state index contributed by atoms with van der Waals surface area (Å²) >= 11 is 0. The molecule has 0 radical (unpaired) electrons. The summed E-state index contributed by atoms with van der Waals surface area (Å²) in [5.74, 6) is 1.55. The van der Waals surface area contributed by atoms with Crippen LogP contribution in [0.15, 0.2) is 28.7 Å². The molecule has 0 fully saturated rings. The summed E-state index contributed by atoms with van der Waals surface area (Å²) in [6, 6.07) is 8.44. The minimum atomic E-state index is 0.486. The van der Waals surface area contributed by atoms with Crippen molar-refractivity contribution in [2.24, 2.45) is 0 Å². The maximum absolute atomic E-state index is 5.80. The van der Waals surface area contributed by atoms with Crippen LogP contribution in [0.4, 0.5) is 0 Å². The lowest BCUT2D eigenvalue weighted by Crippen LogP contribution is -2.11. The smallest absolute Gasteiger partial charge is 0.328 e. The number of imidazole rings is 1. The van der Waals surface area contributed by atoms with E-state index in [1.54, 1.807) is 0 Å². The molecule has 0 aliphatic carbocycles. The second-order valence-electron chi connectivity index (χ2n) is 4.96. The first kappa shape index (κ1) is 13.8. The number of para-hydroxylation sites is 2. The van der Waals surface area contributed by atoms with E-state index in [0.717, 1.165) is 36.1 Å². The van der Waals surface area contributed by atoms with Gasteiger partial charge in [0.05, 0.1) is 17.6 Å². The van der Waals surface area contributed by atoms with Gasteiger partial charge in [-0.25, -0.2) is 9.55 Å². The lowest BCUT2D eigenvalue weighted by Gasteiger charge is -2.03. The molecule has 3 rings (SSSR count). The highest BCUT2D eigenvalue weighted by Gasteiger charge is 2.16. The first-order valence-corrected chi connectivity index (χ1v) is 7.27. The van der Waals surface area contributed by atoms with Gasteiger partial charge in [-0.1, -0.05) is 30.6 Å². The van der Waals surface area contributed by atoms with Crippen molar-refractivity contribution in [1.29, 1.82) is 0 Å². The van der Waals surface area contributed by atoms with Crippen molar-refractivity contribution in [3.63, 3.8) is 0 Å². The number of aromatic nitrogens is 4. The predicted octanol–water partition coefficient (Wildman–Crippen LogP) is 2.47. The lowest BCUT2D eigenvalue weighted by molar-refractivity contribution is 0.465. The highest BCUT2D eigenvalue weighted by molar-refractivity contribution is 5.77. The van der Waals surface area contributed by atoms with Gasteiger partial charge in [0, 0.05) is 6.42 Å². The molecule has 0 aliphatic rings. The zero-order chi connectivity index (χ0) is 14.7. The van der Waals surface area contributed by atoms with Gasteiger partial charge >= 0.3 is 6.01 Å². The molecule has 6 nitrogen and oxygen atoms in total. The van der Waals surface area contributed by atoms with E-state index in [1.165, 1.54) is 0 Å². The Bertz CT molecular complexity index is 731. The second kappa shape index (κ2) is 6.05. The summed E-state index contributed by atoms with van der Waals surface area (Å²) in [6.45, 7) is 2.78. The molecule has 0 saturated carbocycles. The number of rotatable bonds is 6. The van der Waals surface area contributed by atoms with E-state index in [9.17, 15) is 0 Å². The SMILES string of the molecule is CCCCc1nnc(-n2c(CNC)nc3ccccc32)o1. The third-order valence-corrected chi connectivity index (χ3v) is 3.36. The number of fused-ring (bicyclic) bond motifs is 1. The van der Waals surface area contributed by atoms with Gasteiger partial charge in [-0.2, -0.15) is 0 Å². The van der Waals surface area contributed by atoms with Crippen LogP contribution < -0.4 is 5.32 Å². The van der Waals surface area contributed by atoms with Crippen molar-refractivity contribution in [1.82, 2.24) is 25.1 Å². The third kappa shape index (κ3) is 2.67. The van der Waals surface area contributed by atoms with E-state index >= 15 is 0 Å². The molecule has 1 aromatic carbocycles. The molecule has 21 heavy (non-hydrogen) atoms. The fourth-order valence-electron chi connectivity index (χ4n) is 2.33. The van der Waals surface area contributed by atoms with Crippen LogP contribution in [0.3, 0.4) is 0 Å². The summed E-state index contributed by atoms with van der Waals surface area (Å²) in [4.78, 5) is 4.62. The normalized spacial score (nSPS) is 11.3. The number of nitrogens with zero attached hydrogens (tertiary/aromatic N) is 4.